The van der Waals surface area contributed by atoms with E-state index in [0.717, 1.165) is 12.5 Å². The molecule has 94 valence electrons. The molecule has 0 bridgehead atoms. The number of likely N-dealkylation sites (tertiary alicyclic amines) is 1. The summed E-state index contributed by atoms with van der Waals surface area (Å²) in [6, 6.07) is 0. The molecule has 2 rings (SSSR count). The fraction of sp³-hybridized carbons (Fsp3) is 1.00. The Hall–Kier alpha value is -0.120. The molecule has 3 nitrogen and oxygen atoms in total. The van der Waals surface area contributed by atoms with Crippen LogP contribution >= 0.6 is 0 Å². The van der Waals surface area contributed by atoms with Gasteiger partial charge in [0.15, 0.2) is 0 Å². The standard InChI is InChI=1S/C13H26N2O/c1-16-13-5-3-8-15(11-13)9-6-12-4-2-7-14-10-12/h12-14H,2-11H2,1H3. The van der Waals surface area contributed by atoms with Gasteiger partial charge in [-0.05, 0) is 64.2 Å². The van der Waals surface area contributed by atoms with Gasteiger partial charge in [-0.2, -0.15) is 0 Å². The van der Waals surface area contributed by atoms with Gasteiger partial charge in [-0.1, -0.05) is 0 Å². The van der Waals surface area contributed by atoms with Gasteiger partial charge in [0.25, 0.3) is 0 Å². The Morgan fingerprint density at radius 1 is 1.31 bits per heavy atom. The van der Waals surface area contributed by atoms with E-state index in [-0.39, 0.29) is 0 Å². The lowest BCUT2D eigenvalue weighted by Crippen LogP contribution is -2.41. The second-order valence-corrected chi connectivity index (χ2v) is 5.30. The van der Waals surface area contributed by atoms with Gasteiger partial charge in [0.1, 0.15) is 0 Å². The third-order valence-corrected chi connectivity index (χ3v) is 4.05. The van der Waals surface area contributed by atoms with E-state index < -0.39 is 0 Å². The first-order valence-electron chi connectivity index (χ1n) is 6.84. The zero-order valence-electron chi connectivity index (χ0n) is 10.6. The van der Waals surface area contributed by atoms with Crippen molar-refractivity contribution in [2.24, 2.45) is 5.92 Å². The van der Waals surface area contributed by atoms with Crippen LogP contribution in [0.15, 0.2) is 0 Å². The van der Waals surface area contributed by atoms with E-state index in [1.54, 1.807) is 0 Å². The highest BCUT2D eigenvalue weighted by molar-refractivity contribution is 4.75. The average Bonchev–Trinajstić information content (AvgIpc) is 2.38. The van der Waals surface area contributed by atoms with Gasteiger partial charge in [-0.3, -0.25) is 0 Å². The van der Waals surface area contributed by atoms with Crippen LogP contribution < -0.4 is 5.32 Å². The number of hydrogen-bond donors (Lipinski definition) is 1. The van der Waals surface area contributed by atoms with Crippen molar-refractivity contribution < 1.29 is 4.74 Å². The number of piperidine rings is 2. The van der Waals surface area contributed by atoms with Crippen molar-refractivity contribution in [1.29, 1.82) is 0 Å². The van der Waals surface area contributed by atoms with Crippen molar-refractivity contribution in [2.75, 3.05) is 39.8 Å². The maximum absolute atomic E-state index is 5.46. The topological polar surface area (TPSA) is 24.5 Å². The molecule has 0 aliphatic carbocycles. The van der Waals surface area contributed by atoms with Crippen LogP contribution in [0.1, 0.15) is 32.1 Å². The molecule has 2 aliphatic heterocycles. The molecule has 3 heteroatoms. The van der Waals surface area contributed by atoms with Crippen molar-refractivity contribution in [3.63, 3.8) is 0 Å². The van der Waals surface area contributed by atoms with Crippen molar-refractivity contribution in [3.05, 3.63) is 0 Å². The Morgan fingerprint density at radius 2 is 2.25 bits per heavy atom. The van der Waals surface area contributed by atoms with Crippen LogP contribution in [0.2, 0.25) is 0 Å². The average molecular weight is 226 g/mol. The van der Waals surface area contributed by atoms with Crippen molar-refractivity contribution in [3.8, 4) is 0 Å². The lowest BCUT2D eigenvalue weighted by molar-refractivity contribution is 0.0292. The molecule has 0 spiro atoms. The summed E-state index contributed by atoms with van der Waals surface area (Å²) < 4.78 is 5.46. The van der Waals surface area contributed by atoms with Gasteiger partial charge in [0.2, 0.25) is 0 Å². The lowest BCUT2D eigenvalue weighted by Gasteiger charge is -2.33. The minimum atomic E-state index is 0.484. The molecule has 0 aromatic heterocycles. The first-order valence-corrected chi connectivity index (χ1v) is 6.84. The van der Waals surface area contributed by atoms with Crippen LogP contribution in [0.5, 0.6) is 0 Å². The highest BCUT2D eigenvalue weighted by Crippen LogP contribution is 2.17. The highest BCUT2D eigenvalue weighted by Gasteiger charge is 2.20. The van der Waals surface area contributed by atoms with E-state index in [1.807, 2.05) is 7.11 Å². The molecule has 1 N–H and O–H groups in total. The third-order valence-electron chi connectivity index (χ3n) is 4.05. The van der Waals surface area contributed by atoms with Gasteiger partial charge < -0.3 is 15.0 Å². The normalized spacial score (nSPS) is 32.8. The molecule has 0 aromatic carbocycles. The Bertz CT molecular complexity index is 192. The number of rotatable bonds is 4. The predicted octanol–water partition coefficient (Wildman–Crippen LogP) is 1.49. The fourth-order valence-corrected chi connectivity index (χ4v) is 2.94. The summed E-state index contributed by atoms with van der Waals surface area (Å²) in [5, 5.41) is 3.50. The summed E-state index contributed by atoms with van der Waals surface area (Å²) in [6.45, 7) is 6.16. The van der Waals surface area contributed by atoms with E-state index in [4.69, 9.17) is 4.74 Å². The SMILES string of the molecule is COC1CCCN(CCC2CCCNC2)C1. The van der Waals surface area contributed by atoms with Crippen LogP contribution in [0.25, 0.3) is 0 Å². The quantitative estimate of drug-likeness (QED) is 0.786. The Kier molecular flexibility index (Phi) is 5.07. The number of nitrogens with one attached hydrogen (secondary N) is 1. The van der Waals surface area contributed by atoms with Crippen LogP contribution in [-0.4, -0.2) is 50.8 Å². The van der Waals surface area contributed by atoms with Gasteiger partial charge in [-0.15, -0.1) is 0 Å². The Labute approximate surface area is 99.5 Å². The molecule has 2 aliphatic rings. The highest BCUT2D eigenvalue weighted by atomic mass is 16.5. The third kappa shape index (κ3) is 3.72. The first-order chi connectivity index (χ1) is 7.88. The largest absolute Gasteiger partial charge is 0.380 e. The van der Waals surface area contributed by atoms with E-state index >= 15 is 0 Å². The van der Waals surface area contributed by atoms with Gasteiger partial charge >= 0.3 is 0 Å². The van der Waals surface area contributed by atoms with Crippen molar-refractivity contribution >= 4 is 0 Å². The summed E-state index contributed by atoms with van der Waals surface area (Å²) in [7, 11) is 1.85. The van der Waals surface area contributed by atoms with Gasteiger partial charge in [0.05, 0.1) is 6.10 Å². The summed E-state index contributed by atoms with van der Waals surface area (Å²) in [4.78, 5) is 2.59. The van der Waals surface area contributed by atoms with Crippen molar-refractivity contribution in [1.82, 2.24) is 10.2 Å². The Balaban J connectivity index is 1.64. The van der Waals surface area contributed by atoms with Crippen LogP contribution in [0.3, 0.4) is 0 Å². The molecular weight excluding hydrogens is 200 g/mol. The maximum atomic E-state index is 5.46. The summed E-state index contributed by atoms with van der Waals surface area (Å²) >= 11 is 0. The molecule has 0 saturated carbocycles. The molecule has 0 amide bonds. The second-order valence-electron chi connectivity index (χ2n) is 5.30. The van der Waals surface area contributed by atoms with Crippen LogP contribution in [0, 0.1) is 5.92 Å². The van der Waals surface area contributed by atoms with E-state index in [1.165, 1.54) is 58.3 Å². The lowest BCUT2D eigenvalue weighted by atomic mass is 9.95. The molecular formula is C13H26N2O. The number of hydrogen-bond acceptors (Lipinski definition) is 3. The first kappa shape index (κ1) is 12.3. The Morgan fingerprint density at radius 3 is 3.00 bits per heavy atom. The molecule has 2 saturated heterocycles. The summed E-state index contributed by atoms with van der Waals surface area (Å²) in [6.07, 6.45) is 7.20. The molecule has 0 radical (unpaired) electrons. The monoisotopic (exact) mass is 226 g/mol. The summed E-state index contributed by atoms with van der Waals surface area (Å²) in [5.74, 6) is 0.914. The zero-order valence-corrected chi connectivity index (χ0v) is 10.6. The van der Waals surface area contributed by atoms with Crippen molar-refractivity contribution in [2.45, 2.75) is 38.2 Å². The molecule has 2 atom stereocenters. The minimum absolute atomic E-state index is 0.484. The predicted molar refractivity (Wildman–Crippen MR) is 66.7 cm³/mol. The van der Waals surface area contributed by atoms with E-state index in [9.17, 15) is 0 Å². The van der Waals surface area contributed by atoms with E-state index in [2.05, 4.69) is 10.2 Å². The molecule has 2 unspecified atom stereocenters. The smallest absolute Gasteiger partial charge is 0.0698 e. The summed E-state index contributed by atoms with van der Waals surface area (Å²) in [5.41, 5.74) is 0. The molecule has 2 heterocycles. The van der Waals surface area contributed by atoms with Crippen LogP contribution in [0.4, 0.5) is 0 Å². The number of nitrogens with zero attached hydrogens (tertiary/aromatic N) is 1. The number of ether oxygens (including phenoxy) is 1. The molecule has 0 aromatic rings. The molecule has 2 fully saturated rings. The minimum Gasteiger partial charge on any atom is -0.380 e. The fourth-order valence-electron chi connectivity index (χ4n) is 2.94. The number of methoxy groups -OCH3 is 1. The zero-order chi connectivity index (χ0) is 11.2. The maximum Gasteiger partial charge on any atom is 0.0698 e. The van der Waals surface area contributed by atoms with Gasteiger partial charge in [0, 0.05) is 13.7 Å². The molecule has 16 heavy (non-hydrogen) atoms. The van der Waals surface area contributed by atoms with Crippen LogP contribution in [-0.2, 0) is 4.74 Å². The second kappa shape index (κ2) is 6.58. The van der Waals surface area contributed by atoms with Gasteiger partial charge in [-0.25, -0.2) is 0 Å². The van der Waals surface area contributed by atoms with E-state index in [0.29, 0.717) is 6.10 Å².